The highest BCUT2D eigenvalue weighted by molar-refractivity contribution is 7.85. The van der Waals surface area contributed by atoms with Crippen molar-refractivity contribution >= 4 is 33.7 Å². The van der Waals surface area contributed by atoms with Gasteiger partial charge >= 0.3 is 0 Å². The number of hydrogen-bond donors (Lipinski definition) is 1. The molecule has 1 heterocycles. The highest BCUT2D eigenvalue weighted by Crippen LogP contribution is 2.16. The highest BCUT2D eigenvalue weighted by Gasteiger charge is 2.21. The molecular formula is C16H20N2O2S2. The fourth-order valence-corrected chi connectivity index (χ4v) is 3.75. The minimum absolute atomic E-state index is 0.224. The van der Waals surface area contributed by atoms with Crippen LogP contribution in [0.2, 0.25) is 0 Å². The van der Waals surface area contributed by atoms with Gasteiger partial charge in [0.05, 0.1) is 16.5 Å². The Labute approximate surface area is 137 Å². The van der Waals surface area contributed by atoms with Crippen LogP contribution in [0.5, 0.6) is 0 Å². The molecule has 0 saturated carbocycles. The van der Waals surface area contributed by atoms with Crippen molar-refractivity contribution in [3.63, 3.8) is 0 Å². The molecule has 0 aliphatic heterocycles. The maximum Gasteiger partial charge on any atom is 0.239 e. The van der Waals surface area contributed by atoms with Gasteiger partial charge in [-0.1, -0.05) is 25.1 Å². The van der Waals surface area contributed by atoms with Gasteiger partial charge in [0, 0.05) is 21.9 Å². The van der Waals surface area contributed by atoms with Crippen molar-refractivity contribution in [2.24, 2.45) is 0 Å². The predicted molar refractivity (Wildman–Crippen MR) is 92.6 cm³/mol. The number of carbonyl (C=O) groups is 1. The van der Waals surface area contributed by atoms with Crippen LogP contribution >= 0.6 is 11.3 Å². The summed E-state index contributed by atoms with van der Waals surface area (Å²) in [5, 5.41) is 5.22. The zero-order valence-corrected chi connectivity index (χ0v) is 14.6. The van der Waals surface area contributed by atoms with Gasteiger partial charge in [-0.3, -0.25) is 9.00 Å². The number of nitrogens with zero attached hydrogens (tertiary/aromatic N) is 1. The standard InChI is InChI=1S/C16H20N2O2S2/c1-4-15-17-13(9-21-15)10-22(20)12(3)16(19)18-14-8-6-5-7-11(14)2/h5-9,12H,4,10H2,1-3H3,(H,18,19)/t12-,22+/m0/s1. The molecule has 0 spiro atoms. The van der Waals surface area contributed by atoms with Crippen molar-refractivity contribution in [1.82, 2.24) is 4.98 Å². The Morgan fingerprint density at radius 3 is 2.77 bits per heavy atom. The Hall–Kier alpha value is -1.53. The first-order chi connectivity index (χ1) is 10.5. The van der Waals surface area contributed by atoms with E-state index in [2.05, 4.69) is 10.3 Å². The van der Waals surface area contributed by atoms with Crippen LogP contribution < -0.4 is 5.32 Å². The molecule has 0 unspecified atom stereocenters. The normalized spacial score (nSPS) is 13.6. The topological polar surface area (TPSA) is 59.1 Å². The van der Waals surface area contributed by atoms with Crippen molar-refractivity contribution in [1.29, 1.82) is 0 Å². The fourth-order valence-electron chi connectivity index (χ4n) is 1.92. The number of para-hydroxylation sites is 1. The molecule has 2 rings (SSSR count). The number of benzene rings is 1. The molecule has 0 aliphatic rings. The molecule has 1 aromatic heterocycles. The third kappa shape index (κ3) is 4.24. The van der Waals surface area contributed by atoms with Gasteiger partial charge in [0.25, 0.3) is 0 Å². The van der Waals surface area contributed by atoms with Crippen LogP contribution in [0.3, 0.4) is 0 Å². The smallest absolute Gasteiger partial charge is 0.239 e. The number of anilines is 1. The summed E-state index contributed by atoms with van der Waals surface area (Å²) < 4.78 is 12.3. The zero-order chi connectivity index (χ0) is 16.1. The third-order valence-electron chi connectivity index (χ3n) is 3.36. The number of aromatic nitrogens is 1. The first-order valence-electron chi connectivity index (χ1n) is 7.18. The second kappa shape index (κ2) is 7.65. The number of carbonyl (C=O) groups excluding carboxylic acids is 1. The number of rotatable bonds is 6. The Morgan fingerprint density at radius 2 is 2.14 bits per heavy atom. The second-order valence-corrected chi connectivity index (χ2v) is 7.76. The molecule has 0 saturated heterocycles. The number of nitrogens with one attached hydrogen (secondary N) is 1. The Balaban J connectivity index is 1.97. The lowest BCUT2D eigenvalue weighted by atomic mass is 10.2. The summed E-state index contributed by atoms with van der Waals surface area (Å²) in [4.78, 5) is 16.6. The monoisotopic (exact) mass is 336 g/mol. The third-order valence-corrected chi connectivity index (χ3v) is 5.98. The van der Waals surface area contributed by atoms with Crippen molar-refractivity contribution in [3.05, 3.63) is 45.9 Å². The number of hydrogen-bond acceptors (Lipinski definition) is 4. The number of aryl methyl sites for hydroxylation is 2. The van der Waals surface area contributed by atoms with Crippen LogP contribution in [0.1, 0.15) is 30.1 Å². The van der Waals surface area contributed by atoms with Crippen molar-refractivity contribution in [2.75, 3.05) is 5.32 Å². The molecule has 4 nitrogen and oxygen atoms in total. The summed E-state index contributed by atoms with van der Waals surface area (Å²) in [7, 11) is -1.28. The predicted octanol–water partition coefficient (Wildman–Crippen LogP) is 3.29. The van der Waals surface area contributed by atoms with Crippen molar-refractivity contribution < 1.29 is 9.00 Å². The van der Waals surface area contributed by atoms with Gasteiger partial charge in [-0.05, 0) is 31.9 Å². The van der Waals surface area contributed by atoms with Gasteiger partial charge in [-0.2, -0.15) is 0 Å². The average molecular weight is 336 g/mol. The molecule has 1 amide bonds. The van der Waals surface area contributed by atoms with E-state index in [0.29, 0.717) is 5.75 Å². The lowest BCUT2D eigenvalue weighted by Gasteiger charge is -2.13. The molecule has 6 heteroatoms. The number of thiazole rings is 1. The van der Waals surface area contributed by atoms with Crippen LogP contribution in [-0.2, 0) is 27.8 Å². The average Bonchev–Trinajstić information content (AvgIpc) is 2.96. The molecule has 2 aromatic rings. The van der Waals surface area contributed by atoms with E-state index in [9.17, 15) is 9.00 Å². The second-order valence-electron chi connectivity index (χ2n) is 5.06. The van der Waals surface area contributed by atoms with E-state index < -0.39 is 16.0 Å². The summed E-state index contributed by atoms with van der Waals surface area (Å²) in [5.74, 6) is 0.0948. The van der Waals surface area contributed by atoms with E-state index in [1.807, 2.05) is 43.5 Å². The quantitative estimate of drug-likeness (QED) is 0.880. The van der Waals surface area contributed by atoms with E-state index in [0.717, 1.165) is 28.4 Å². The zero-order valence-electron chi connectivity index (χ0n) is 13.0. The molecule has 0 fully saturated rings. The minimum Gasteiger partial charge on any atom is -0.325 e. The van der Waals surface area contributed by atoms with Crippen LogP contribution in [0.25, 0.3) is 0 Å². The van der Waals surface area contributed by atoms with E-state index in [1.54, 1.807) is 18.3 Å². The van der Waals surface area contributed by atoms with Crippen molar-refractivity contribution in [2.45, 2.75) is 38.2 Å². The van der Waals surface area contributed by atoms with E-state index >= 15 is 0 Å². The van der Waals surface area contributed by atoms with Gasteiger partial charge in [0.1, 0.15) is 5.25 Å². The molecule has 22 heavy (non-hydrogen) atoms. The lowest BCUT2D eigenvalue weighted by Crippen LogP contribution is -2.30. The highest BCUT2D eigenvalue weighted by atomic mass is 32.2. The molecule has 1 N–H and O–H groups in total. The Morgan fingerprint density at radius 1 is 1.41 bits per heavy atom. The summed E-state index contributed by atoms with van der Waals surface area (Å²) in [5.41, 5.74) is 2.55. The van der Waals surface area contributed by atoms with E-state index in [1.165, 1.54) is 0 Å². The summed E-state index contributed by atoms with van der Waals surface area (Å²) in [6.45, 7) is 5.66. The molecule has 0 aliphatic carbocycles. The first kappa shape index (κ1) is 16.8. The minimum atomic E-state index is -1.28. The fraction of sp³-hybridized carbons (Fsp3) is 0.375. The van der Waals surface area contributed by atoms with Crippen LogP contribution in [0.15, 0.2) is 29.6 Å². The SMILES string of the molecule is CCc1nc(C[S@@](=O)[C@@H](C)C(=O)Nc2ccccc2C)cs1. The first-order valence-corrected chi connectivity index (χ1v) is 9.44. The molecule has 0 bridgehead atoms. The summed E-state index contributed by atoms with van der Waals surface area (Å²) in [6, 6.07) is 7.56. The summed E-state index contributed by atoms with van der Waals surface area (Å²) in [6.07, 6.45) is 0.876. The van der Waals surface area contributed by atoms with E-state index in [-0.39, 0.29) is 5.91 Å². The van der Waals surface area contributed by atoms with Crippen molar-refractivity contribution in [3.8, 4) is 0 Å². The molecule has 1 aromatic carbocycles. The molecular weight excluding hydrogens is 316 g/mol. The lowest BCUT2D eigenvalue weighted by molar-refractivity contribution is -0.115. The Kier molecular flexibility index (Phi) is 5.85. The molecule has 2 atom stereocenters. The number of amides is 1. The van der Waals surface area contributed by atoms with Gasteiger partial charge in [-0.15, -0.1) is 11.3 Å². The van der Waals surface area contributed by atoms with E-state index in [4.69, 9.17) is 0 Å². The van der Waals surface area contributed by atoms with Crippen LogP contribution in [-0.4, -0.2) is 20.3 Å². The van der Waals surface area contributed by atoms with Gasteiger partial charge in [0.15, 0.2) is 0 Å². The summed E-state index contributed by atoms with van der Waals surface area (Å²) >= 11 is 1.57. The molecule has 118 valence electrons. The maximum atomic E-state index is 12.3. The van der Waals surface area contributed by atoms with Gasteiger partial charge in [0.2, 0.25) is 5.91 Å². The van der Waals surface area contributed by atoms with Gasteiger partial charge in [-0.25, -0.2) is 4.98 Å². The maximum absolute atomic E-state index is 12.3. The Bertz CT molecular complexity index is 682. The largest absolute Gasteiger partial charge is 0.325 e. The van der Waals surface area contributed by atoms with Crippen LogP contribution in [0.4, 0.5) is 5.69 Å². The van der Waals surface area contributed by atoms with Gasteiger partial charge < -0.3 is 5.32 Å². The van der Waals surface area contributed by atoms with Crippen LogP contribution in [0, 0.1) is 6.92 Å². The molecule has 0 radical (unpaired) electrons.